The largest absolute Gasteiger partial charge is 0.465 e. The Morgan fingerprint density at radius 3 is 2.61 bits per heavy atom. The van der Waals surface area contributed by atoms with E-state index >= 15 is 0 Å². The number of piperidine rings is 1. The summed E-state index contributed by atoms with van der Waals surface area (Å²) in [6.07, 6.45) is 2.18. The molecule has 0 radical (unpaired) electrons. The smallest absolute Gasteiger partial charge is 0.337 e. The fourth-order valence-corrected chi connectivity index (χ4v) is 4.05. The van der Waals surface area contributed by atoms with E-state index in [0.717, 1.165) is 53.8 Å². The van der Waals surface area contributed by atoms with Gasteiger partial charge < -0.3 is 15.0 Å². The van der Waals surface area contributed by atoms with E-state index in [9.17, 15) is 9.59 Å². The number of carbonyl (C=O) groups excluding carboxylic acids is 2. The van der Waals surface area contributed by atoms with Gasteiger partial charge in [-0.1, -0.05) is 18.6 Å². The number of amides is 1. The number of aromatic nitrogens is 1. The molecule has 6 heteroatoms. The molecule has 160 valence electrons. The van der Waals surface area contributed by atoms with Gasteiger partial charge in [0, 0.05) is 24.2 Å². The number of carbonyl (C=O) groups is 2. The van der Waals surface area contributed by atoms with Gasteiger partial charge in [0.1, 0.15) is 5.69 Å². The zero-order chi connectivity index (χ0) is 22.0. The first-order valence-electron chi connectivity index (χ1n) is 10.6. The van der Waals surface area contributed by atoms with Crippen LogP contribution in [0.3, 0.4) is 0 Å². The number of nitrogens with zero attached hydrogens (tertiary/aromatic N) is 2. The van der Waals surface area contributed by atoms with Crippen molar-refractivity contribution in [3.05, 3.63) is 65.4 Å². The minimum absolute atomic E-state index is 0.0295. The van der Waals surface area contributed by atoms with E-state index in [1.54, 1.807) is 12.1 Å². The number of aryl methyl sites for hydroxylation is 1. The summed E-state index contributed by atoms with van der Waals surface area (Å²) < 4.78 is 4.76. The summed E-state index contributed by atoms with van der Waals surface area (Å²) >= 11 is 0. The zero-order valence-corrected chi connectivity index (χ0v) is 18.1. The van der Waals surface area contributed by atoms with Crippen LogP contribution in [0.15, 0.2) is 48.5 Å². The van der Waals surface area contributed by atoms with Crippen LogP contribution in [-0.4, -0.2) is 42.0 Å². The lowest BCUT2D eigenvalue weighted by molar-refractivity contribution is 0.0600. The maximum atomic E-state index is 13.2. The fraction of sp³-hybridized carbons (Fsp3) is 0.320. The van der Waals surface area contributed by atoms with Gasteiger partial charge in [-0.05, 0) is 68.1 Å². The maximum Gasteiger partial charge on any atom is 0.337 e. The summed E-state index contributed by atoms with van der Waals surface area (Å²) in [6.45, 7) is 5.75. The molecule has 1 atom stereocenters. The molecule has 0 bridgehead atoms. The molecule has 0 saturated carbocycles. The van der Waals surface area contributed by atoms with Gasteiger partial charge in [-0.15, -0.1) is 0 Å². The minimum Gasteiger partial charge on any atom is -0.465 e. The Kier molecular flexibility index (Phi) is 5.89. The third kappa shape index (κ3) is 4.53. The highest BCUT2D eigenvalue weighted by atomic mass is 16.5. The van der Waals surface area contributed by atoms with Gasteiger partial charge in [-0.25, -0.2) is 9.78 Å². The SMILES string of the molecule is COC(=O)c1ccc(Nc2cc(C(=O)N3CCCC(C)C3)nc3ccc(C)cc23)cc1. The van der Waals surface area contributed by atoms with Gasteiger partial charge >= 0.3 is 5.97 Å². The van der Waals surface area contributed by atoms with Crippen LogP contribution in [0.5, 0.6) is 0 Å². The second-order valence-corrected chi connectivity index (χ2v) is 8.27. The van der Waals surface area contributed by atoms with Crippen LogP contribution in [0.4, 0.5) is 11.4 Å². The van der Waals surface area contributed by atoms with E-state index in [-0.39, 0.29) is 11.9 Å². The molecule has 1 N–H and O–H groups in total. The van der Waals surface area contributed by atoms with Crippen molar-refractivity contribution in [2.45, 2.75) is 26.7 Å². The maximum absolute atomic E-state index is 13.2. The summed E-state index contributed by atoms with van der Waals surface area (Å²) in [5.41, 5.74) is 4.44. The third-order valence-corrected chi connectivity index (χ3v) is 5.71. The molecular formula is C25H27N3O3. The number of ether oxygens (including phenoxy) is 1. The van der Waals surface area contributed by atoms with E-state index in [2.05, 4.69) is 23.3 Å². The minimum atomic E-state index is -0.375. The number of hydrogen-bond donors (Lipinski definition) is 1. The van der Waals surface area contributed by atoms with Gasteiger partial charge in [0.25, 0.3) is 5.91 Å². The Balaban J connectivity index is 1.70. The summed E-state index contributed by atoms with van der Waals surface area (Å²) in [5.74, 6) is 0.102. The number of benzene rings is 2. The van der Waals surface area contributed by atoms with Crippen molar-refractivity contribution >= 4 is 34.2 Å². The van der Waals surface area contributed by atoms with Crippen molar-refractivity contribution in [1.29, 1.82) is 0 Å². The molecule has 4 rings (SSSR count). The molecule has 6 nitrogen and oxygen atoms in total. The topological polar surface area (TPSA) is 71.5 Å². The van der Waals surface area contributed by atoms with Crippen LogP contribution in [0, 0.1) is 12.8 Å². The van der Waals surface area contributed by atoms with Gasteiger partial charge in [0.05, 0.1) is 23.9 Å². The van der Waals surface area contributed by atoms with E-state index in [1.807, 2.05) is 42.2 Å². The second kappa shape index (κ2) is 8.76. The van der Waals surface area contributed by atoms with Crippen LogP contribution in [0.2, 0.25) is 0 Å². The van der Waals surface area contributed by atoms with Crippen LogP contribution in [0.1, 0.15) is 46.2 Å². The Morgan fingerprint density at radius 1 is 1.13 bits per heavy atom. The van der Waals surface area contributed by atoms with E-state index in [1.165, 1.54) is 7.11 Å². The van der Waals surface area contributed by atoms with Crippen LogP contribution >= 0.6 is 0 Å². The first-order chi connectivity index (χ1) is 14.9. The summed E-state index contributed by atoms with van der Waals surface area (Å²) in [4.78, 5) is 31.5. The summed E-state index contributed by atoms with van der Waals surface area (Å²) in [6, 6.07) is 14.9. The monoisotopic (exact) mass is 417 g/mol. The highest BCUT2D eigenvalue weighted by Crippen LogP contribution is 2.29. The predicted octanol–water partition coefficient (Wildman–Crippen LogP) is 4.95. The standard InChI is InChI=1S/C25H27N3O3/c1-16-6-11-21-20(13-16)22(26-19-9-7-18(8-10-19)25(30)31-3)14-23(27-21)24(29)28-12-4-5-17(2)15-28/h6-11,13-14,17H,4-5,12,15H2,1-3H3,(H,26,27). The van der Waals surface area contributed by atoms with Gasteiger partial charge in [0.15, 0.2) is 0 Å². The average molecular weight is 418 g/mol. The van der Waals surface area contributed by atoms with Crippen LogP contribution in [-0.2, 0) is 4.74 Å². The van der Waals surface area contributed by atoms with E-state index in [4.69, 9.17) is 4.74 Å². The number of esters is 1. The number of pyridine rings is 1. The first kappa shape index (κ1) is 20.8. The van der Waals surface area contributed by atoms with Crippen molar-refractivity contribution in [2.75, 3.05) is 25.5 Å². The van der Waals surface area contributed by atoms with Gasteiger partial charge in [0.2, 0.25) is 0 Å². The third-order valence-electron chi connectivity index (χ3n) is 5.71. The van der Waals surface area contributed by atoms with Crippen molar-refractivity contribution in [1.82, 2.24) is 9.88 Å². The molecule has 1 unspecified atom stereocenters. The van der Waals surface area contributed by atoms with Crippen LogP contribution < -0.4 is 5.32 Å². The highest BCUT2D eigenvalue weighted by Gasteiger charge is 2.24. The molecular weight excluding hydrogens is 390 g/mol. The average Bonchev–Trinajstić information content (AvgIpc) is 2.78. The molecule has 2 heterocycles. The molecule has 1 aromatic heterocycles. The van der Waals surface area contributed by atoms with Crippen molar-refractivity contribution in [2.24, 2.45) is 5.92 Å². The first-order valence-corrected chi connectivity index (χ1v) is 10.6. The lowest BCUT2D eigenvalue weighted by Crippen LogP contribution is -2.39. The number of hydrogen-bond acceptors (Lipinski definition) is 5. The highest BCUT2D eigenvalue weighted by molar-refractivity contribution is 6.01. The number of methoxy groups -OCH3 is 1. The molecule has 31 heavy (non-hydrogen) atoms. The number of nitrogens with one attached hydrogen (secondary N) is 1. The molecule has 2 aromatic carbocycles. The molecule has 1 amide bonds. The zero-order valence-electron chi connectivity index (χ0n) is 18.1. The Bertz CT molecular complexity index is 1120. The number of likely N-dealkylation sites (tertiary alicyclic amines) is 1. The van der Waals surface area contributed by atoms with E-state index in [0.29, 0.717) is 17.2 Å². The summed E-state index contributed by atoms with van der Waals surface area (Å²) in [5, 5.41) is 4.35. The Morgan fingerprint density at radius 2 is 1.90 bits per heavy atom. The van der Waals surface area contributed by atoms with E-state index < -0.39 is 0 Å². The Hall–Kier alpha value is -3.41. The summed E-state index contributed by atoms with van der Waals surface area (Å²) in [7, 11) is 1.36. The lowest BCUT2D eigenvalue weighted by atomic mass is 10.00. The molecule has 1 saturated heterocycles. The number of anilines is 2. The molecule has 0 aliphatic carbocycles. The molecule has 1 fully saturated rings. The van der Waals surface area contributed by atoms with Crippen molar-refractivity contribution < 1.29 is 14.3 Å². The molecule has 1 aliphatic heterocycles. The van der Waals surface area contributed by atoms with Gasteiger partial charge in [-0.2, -0.15) is 0 Å². The molecule has 0 spiro atoms. The van der Waals surface area contributed by atoms with Crippen molar-refractivity contribution in [3.63, 3.8) is 0 Å². The molecule has 3 aromatic rings. The Labute approximate surface area is 182 Å². The lowest BCUT2D eigenvalue weighted by Gasteiger charge is -2.30. The second-order valence-electron chi connectivity index (χ2n) is 8.27. The van der Waals surface area contributed by atoms with Crippen LogP contribution in [0.25, 0.3) is 10.9 Å². The number of rotatable bonds is 4. The fourth-order valence-electron chi connectivity index (χ4n) is 4.05. The number of fused-ring (bicyclic) bond motifs is 1. The van der Waals surface area contributed by atoms with Crippen molar-refractivity contribution in [3.8, 4) is 0 Å². The van der Waals surface area contributed by atoms with Gasteiger partial charge in [-0.3, -0.25) is 4.79 Å². The normalized spacial score (nSPS) is 16.2. The quantitative estimate of drug-likeness (QED) is 0.609. The molecule has 1 aliphatic rings. The predicted molar refractivity (Wildman–Crippen MR) is 122 cm³/mol.